The van der Waals surface area contributed by atoms with Crippen molar-refractivity contribution in [2.75, 3.05) is 6.61 Å². The van der Waals surface area contributed by atoms with Crippen molar-refractivity contribution in [1.82, 2.24) is 15.5 Å². The van der Waals surface area contributed by atoms with Crippen LogP contribution in [0.25, 0.3) is 0 Å². The first-order valence-electron chi connectivity index (χ1n) is 8.84. The molecule has 0 saturated heterocycles. The molecule has 1 aromatic rings. The molecule has 1 aromatic heterocycles. The van der Waals surface area contributed by atoms with E-state index in [9.17, 15) is 5.11 Å². The van der Waals surface area contributed by atoms with Crippen LogP contribution in [0.4, 0.5) is 0 Å². The van der Waals surface area contributed by atoms with Crippen molar-refractivity contribution >= 4 is 0 Å². The number of hydrogen-bond donors (Lipinski definition) is 2. The van der Waals surface area contributed by atoms with Gasteiger partial charge in [-0.2, -0.15) is 4.98 Å². The molecule has 3 rings (SSSR count). The van der Waals surface area contributed by atoms with Crippen molar-refractivity contribution < 1.29 is 9.63 Å². The van der Waals surface area contributed by atoms with Gasteiger partial charge in [-0.05, 0) is 38.5 Å². The second kappa shape index (κ2) is 6.67. The third-order valence-corrected chi connectivity index (χ3v) is 5.76. The Labute approximate surface area is 132 Å². The molecule has 1 heterocycles. The molecule has 2 atom stereocenters. The number of hydrogen-bond acceptors (Lipinski definition) is 5. The fourth-order valence-corrected chi connectivity index (χ4v) is 4.07. The Bertz CT molecular complexity index is 482. The minimum Gasteiger partial charge on any atom is -0.396 e. The Balaban J connectivity index is 1.51. The molecular formula is C17H29N3O2. The van der Waals surface area contributed by atoms with E-state index in [2.05, 4.69) is 29.3 Å². The van der Waals surface area contributed by atoms with Crippen LogP contribution in [0.5, 0.6) is 0 Å². The molecule has 2 aliphatic carbocycles. The van der Waals surface area contributed by atoms with Crippen molar-refractivity contribution in [2.24, 2.45) is 5.41 Å². The lowest BCUT2D eigenvalue weighted by Crippen LogP contribution is -2.47. The standard InChI is InChI=1S/C17H29N3O2/c1-3-15-19-16(22-20-15)12-6-8-13(9-7-12)18-14-5-4-10-17(14,2)11-21/h12-14,18,21H,3-11H2,1-2H3. The van der Waals surface area contributed by atoms with Gasteiger partial charge in [-0.25, -0.2) is 0 Å². The lowest BCUT2D eigenvalue weighted by Gasteiger charge is -2.36. The lowest BCUT2D eigenvalue weighted by atomic mass is 9.82. The molecule has 2 N–H and O–H groups in total. The van der Waals surface area contributed by atoms with Crippen LogP contribution >= 0.6 is 0 Å². The number of nitrogens with zero attached hydrogens (tertiary/aromatic N) is 2. The molecule has 0 radical (unpaired) electrons. The molecule has 2 unspecified atom stereocenters. The van der Waals surface area contributed by atoms with Crippen LogP contribution in [0.1, 0.15) is 76.4 Å². The van der Waals surface area contributed by atoms with E-state index in [1.54, 1.807) is 0 Å². The maximum Gasteiger partial charge on any atom is 0.229 e. The first-order chi connectivity index (χ1) is 10.6. The van der Waals surface area contributed by atoms with Crippen molar-refractivity contribution in [3.63, 3.8) is 0 Å². The number of aromatic nitrogens is 2. The van der Waals surface area contributed by atoms with E-state index in [1.165, 1.54) is 12.8 Å². The smallest absolute Gasteiger partial charge is 0.229 e. The Morgan fingerprint density at radius 3 is 2.68 bits per heavy atom. The first kappa shape index (κ1) is 15.9. The SMILES string of the molecule is CCc1noc(C2CCC(NC3CCCC3(C)CO)CC2)n1. The fourth-order valence-electron chi connectivity index (χ4n) is 4.07. The van der Waals surface area contributed by atoms with Crippen molar-refractivity contribution in [1.29, 1.82) is 0 Å². The summed E-state index contributed by atoms with van der Waals surface area (Å²) >= 11 is 0. The molecular weight excluding hydrogens is 278 g/mol. The van der Waals surface area contributed by atoms with E-state index in [-0.39, 0.29) is 5.41 Å². The number of aryl methyl sites for hydroxylation is 1. The molecule has 2 fully saturated rings. The molecule has 0 amide bonds. The summed E-state index contributed by atoms with van der Waals surface area (Å²) in [6.07, 6.45) is 8.95. The fraction of sp³-hybridized carbons (Fsp3) is 0.882. The Hall–Kier alpha value is -0.940. The third kappa shape index (κ3) is 3.20. The number of nitrogens with one attached hydrogen (secondary N) is 1. The van der Waals surface area contributed by atoms with Gasteiger partial charge in [0, 0.05) is 36.4 Å². The molecule has 0 aliphatic heterocycles. The van der Waals surface area contributed by atoms with Gasteiger partial charge in [-0.15, -0.1) is 0 Å². The molecule has 5 heteroatoms. The lowest BCUT2D eigenvalue weighted by molar-refractivity contribution is 0.108. The van der Waals surface area contributed by atoms with E-state index in [1.807, 2.05) is 0 Å². The maximum absolute atomic E-state index is 9.67. The predicted octanol–water partition coefficient (Wildman–Crippen LogP) is 2.80. The third-order valence-electron chi connectivity index (χ3n) is 5.76. The van der Waals surface area contributed by atoms with Crippen LogP contribution < -0.4 is 5.32 Å². The minimum absolute atomic E-state index is 0.0688. The molecule has 0 spiro atoms. The topological polar surface area (TPSA) is 71.2 Å². The van der Waals surface area contributed by atoms with E-state index < -0.39 is 0 Å². The summed E-state index contributed by atoms with van der Waals surface area (Å²) in [6.45, 7) is 4.56. The molecule has 2 aliphatic rings. The van der Waals surface area contributed by atoms with Gasteiger partial charge in [0.05, 0.1) is 0 Å². The van der Waals surface area contributed by atoms with E-state index >= 15 is 0 Å². The van der Waals surface area contributed by atoms with Crippen LogP contribution in [0.3, 0.4) is 0 Å². The van der Waals surface area contributed by atoms with Crippen LogP contribution in [0.2, 0.25) is 0 Å². The molecule has 0 bridgehead atoms. The highest BCUT2D eigenvalue weighted by atomic mass is 16.5. The molecule has 0 aromatic carbocycles. The summed E-state index contributed by atoms with van der Waals surface area (Å²) in [4.78, 5) is 4.49. The summed E-state index contributed by atoms with van der Waals surface area (Å²) in [7, 11) is 0. The Morgan fingerprint density at radius 1 is 1.27 bits per heavy atom. The highest BCUT2D eigenvalue weighted by Gasteiger charge is 2.39. The van der Waals surface area contributed by atoms with Crippen LogP contribution in [0, 0.1) is 5.41 Å². The van der Waals surface area contributed by atoms with Crippen molar-refractivity contribution in [3.05, 3.63) is 11.7 Å². The number of rotatable bonds is 5. The molecule has 22 heavy (non-hydrogen) atoms. The molecule has 5 nitrogen and oxygen atoms in total. The largest absolute Gasteiger partial charge is 0.396 e. The minimum atomic E-state index is 0.0688. The van der Waals surface area contributed by atoms with Crippen LogP contribution in [-0.4, -0.2) is 33.9 Å². The second-order valence-electron chi connectivity index (χ2n) is 7.37. The van der Waals surface area contributed by atoms with Crippen molar-refractivity contribution in [2.45, 2.75) is 83.2 Å². The van der Waals surface area contributed by atoms with Crippen molar-refractivity contribution in [3.8, 4) is 0 Å². The normalized spacial score (nSPS) is 35.9. The average Bonchev–Trinajstić information content (AvgIpc) is 3.16. The van der Waals surface area contributed by atoms with Gasteiger partial charge in [-0.3, -0.25) is 0 Å². The maximum atomic E-state index is 9.67. The van der Waals surface area contributed by atoms with E-state index in [0.29, 0.717) is 24.6 Å². The zero-order valence-corrected chi connectivity index (χ0v) is 13.8. The summed E-state index contributed by atoms with van der Waals surface area (Å²) in [5, 5.41) is 17.5. The van der Waals surface area contributed by atoms with Gasteiger partial charge < -0.3 is 14.9 Å². The van der Waals surface area contributed by atoms with Gasteiger partial charge in [0.15, 0.2) is 5.82 Å². The van der Waals surface area contributed by atoms with E-state index in [0.717, 1.165) is 50.2 Å². The number of aliphatic hydroxyl groups excluding tert-OH is 1. The average molecular weight is 307 g/mol. The zero-order valence-electron chi connectivity index (χ0n) is 13.8. The summed E-state index contributed by atoms with van der Waals surface area (Å²) in [5.41, 5.74) is 0.0688. The van der Waals surface area contributed by atoms with Crippen LogP contribution in [0.15, 0.2) is 4.52 Å². The Morgan fingerprint density at radius 2 is 2.05 bits per heavy atom. The summed E-state index contributed by atoms with van der Waals surface area (Å²) in [5.74, 6) is 2.08. The van der Waals surface area contributed by atoms with Gasteiger partial charge >= 0.3 is 0 Å². The quantitative estimate of drug-likeness (QED) is 0.875. The van der Waals surface area contributed by atoms with Gasteiger partial charge in [0.25, 0.3) is 0 Å². The zero-order chi connectivity index (χ0) is 15.6. The van der Waals surface area contributed by atoms with Gasteiger partial charge in [0.1, 0.15) is 0 Å². The number of aliphatic hydroxyl groups is 1. The second-order valence-corrected chi connectivity index (χ2v) is 7.37. The highest BCUT2D eigenvalue weighted by Crippen LogP contribution is 2.39. The monoisotopic (exact) mass is 307 g/mol. The van der Waals surface area contributed by atoms with Gasteiger partial charge in [-0.1, -0.05) is 25.4 Å². The predicted molar refractivity (Wildman–Crippen MR) is 84.6 cm³/mol. The van der Waals surface area contributed by atoms with Crippen LogP contribution in [-0.2, 0) is 6.42 Å². The Kier molecular flexibility index (Phi) is 4.83. The highest BCUT2D eigenvalue weighted by molar-refractivity contribution is 4.99. The summed E-state index contributed by atoms with van der Waals surface area (Å²) in [6, 6.07) is 1.04. The molecule has 2 saturated carbocycles. The van der Waals surface area contributed by atoms with E-state index in [4.69, 9.17) is 4.52 Å². The van der Waals surface area contributed by atoms with Gasteiger partial charge in [0.2, 0.25) is 5.89 Å². The molecule has 124 valence electrons. The first-order valence-corrected chi connectivity index (χ1v) is 8.84. The summed E-state index contributed by atoms with van der Waals surface area (Å²) < 4.78 is 5.40.